The molecule has 9 heteroatoms. The second-order valence-corrected chi connectivity index (χ2v) is 7.13. The number of benzene rings is 2. The van der Waals surface area contributed by atoms with E-state index in [1.54, 1.807) is 23.1 Å². The van der Waals surface area contributed by atoms with Crippen molar-refractivity contribution in [1.82, 2.24) is 20.4 Å². The van der Waals surface area contributed by atoms with Crippen molar-refractivity contribution in [1.29, 1.82) is 0 Å². The van der Waals surface area contributed by atoms with Crippen LogP contribution in [0, 0.1) is 0 Å². The van der Waals surface area contributed by atoms with Crippen LogP contribution in [0.4, 0.5) is 5.69 Å². The van der Waals surface area contributed by atoms with E-state index in [9.17, 15) is 9.59 Å². The Morgan fingerprint density at radius 3 is 2.87 bits per heavy atom. The summed E-state index contributed by atoms with van der Waals surface area (Å²) in [5.41, 5.74) is 1.35. The van der Waals surface area contributed by atoms with E-state index >= 15 is 0 Å². The molecule has 31 heavy (non-hydrogen) atoms. The molecule has 3 aromatic rings. The molecule has 1 saturated heterocycles. The highest BCUT2D eigenvalue weighted by Gasteiger charge is 2.32. The van der Waals surface area contributed by atoms with Crippen LogP contribution in [0.1, 0.15) is 18.9 Å². The van der Waals surface area contributed by atoms with Crippen LogP contribution in [0.2, 0.25) is 0 Å². The van der Waals surface area contributed by atoms with Gasteiger partial charge in [-0.25, -0.2) is 0 Å². The van der Waals surface area contributed by atoms with Crippen molar-refractivity contribution in [2.45, 2.75) is 13.0 Å². The number of carbonyl (C=O) groups is 2. The minimum absolute atomic E-state index is 0.0692. The molecule has 4 rings (SSSR count). The first-order valence-electron chi connectivity index (χ1n) is 10.00. The summed E-state index contributed by atoms with van der Waals surface area (Å²) in [6.07, 6.45) is 0. The Morgan fingerprint density at radius 2 is 2.06 bits per heavy atom. The van der Waals surface area contributed by atoms with Crippen LogP contribution in [-0.2, 0) is 9.59 Å². The van der Waals surface area contributed by atoms with Gasteiger partial charge in [-0.15, -0.1) is 0 Å². The molecule has 0 spiro atoms. The van der Waals surface area contributed by atoms with Crippen molar-refractivity contribution in [2.75, 3.05) is 31.6 Å². The molecule has 0 bridgehead atoms. The third kappa shape index (κ3) is 5.07. The summed E-state index contributed by atoms with van der Waals surface area (Å²) in [5, 5.41) is 10.1. The molecule has 9 nitrogen and oxygen atoms in total. The van der Waals surface area contributed by atoms with E-state index in [0.29, 0.717) is 48.3 Å². The molecular weight excluding hydrogens is 398 g/mol. The van der Waals surface area contributed by atoms with Crippen molar-refractivity contribution >= 4 is 17.5 Å². The fourth-order valence-electron chi connectivity index (χ4n) is 3.40. The first kappa shape index (κ1) is 20.5. The quantitative estimate of drug-likeness (QED) is 0.628. The Hall–Kier alpha value is -3.72. The third-order valence-corrected chi connectivity index (χ3v) is 4.84. The van der Waals surface area contributed by atoms with Crippen LogP contribution >= 0.6 is 0 Å². The zero-order valence-corrected chi connectivity index (χ0v) is 17.1. The number of anilines is 1. The van der Waals surface area contributed by atoms with Crippen molar-refractivity contribution in [3.8, 4) is 17.1 Å². The Bertz CT molecular complexity index is 1050. The fraction of sp³-hybridized carbons (Fsp3) is 0.273. The number of amides is 2. The third-order valence-electron chi connectivity index (χ3n) is 4.84. The number of nitrogens with zero attached hydrogens (tertiary/aromatic N) is 3. The molecule has 1 aliphatic heterocycles. The highest BCUT2D eigenvalue weighted by molar-refractivity contribution is 5.89. The van der Waals surface area contributed by atoms with E-state index in [4.69, 9.17) is 9.26 Å². The van der Waals surface area contributed by atoms with E-state index in [-0.39, 0.29) is 24.5 Å². The molecular formula is C22H23N5O4. The summed E-state index contributed by atoms with van der Waals surface area (Å²) in [4.78, 5) is 30.3. The van der Waals surface area contributed by atoms with E-state index < -0.39 is 0 Å². The molecule has 1 aromatic heterocycles. The monoisotopic (exact) mass is 421 g/mol. The Kier molecular flexibility index (Phi) is 6.23. The predicted octanol–water partition coefficient (Wildman–Crippen LogP) is 2.25. The lowest BCUT2D eigenvalue weighted by molar-refractivity contribution is -0.137. The molecule has 2 aromatic carbocycles. The summed E-state index contributed by atoms with van der Waals surface area (Å²) in [7, 11) is 0. The van der Waals surface area contributed by atoms with Gasteiger partial charge in [0.1, 0.15) is 11.8 Å². The van der Waals surface area contributed by atoms with Gasteiger partial charge < -0.3 is 24.8 Å². The molecule has 0 unspecified atom stereocenters. The van der Waals surface area contributed by atoms with Gasteiger partial charge in [-0.1, -0.05) is 35.5 Å². The lowest BCUT2D eigenvalue weighted by Crippen LogP contribution is -2.50. The highest BCUT2D eigenvalue weighted by atomic mass is 16.5. The number of para-hydroxylation sites is 1. The molecule has 0 radical (unpaired) electrons. The van der Waals surface area contributed by atoms with E-state index in [1.165, 1.54) is 6.92 Å². The molecule has 2 heterocycles. The zero-order chi connectivity index (χ0) is 21.6. The first-order valence-corrected chi connectivity index (χ1v) is 10.00. The molecule has 0 saturated carbocycles. The lowest BCUT2D eigenvalue weighted by atomic mass is 10.1. The largest absolute Gasteiger partial charge is 0.484 e. The van der Waals surface area contributed by atoms with E-state index in [2.05, 4.69) is 20.8 Å². The van der Waals surface area contributed by atoms with E-state index in [1.807, 2.05) is 36.4 Å². The number of nitrogens with one attached hydrogen (secondary N) is 2. The van der Waals surface area contributed by atoms with Crippen LogP contribution in [0.3, 0.4) is 0 Å². The average Bonchev–Trinajstić information content (AvgIpc) is 3.28. The summed E-state index contributed by atoms with van der Waals surface area (Å²) < 4.78 is 11.1. The van der Waals surface area contributed by atoms with Crippen molar-refractivity contribution in [2.24, 2.45) is 0 Å². The number of ether oxygens (including phenoxy) is 1. The number of hydrogen-bond donors (Lipinski definition) is 2. The second kappa shape index (κ2) is 9.40. The number of piperazine rings is 1. The van der Waals surface area contributed by atoms with Gasteiger partial charge in [-0.05, 0) is 24.3 Å². The lowest BCUT2D eigenvalue weighted by Gasteiger charge is -2.33. The number of aromatic nitrogens is 2. The molecule has 2 N–H and O–H groups in total. The molecule has 1 fully saturated rings. The maximum atomic E-state index is 12.8. The molecule has 1 atom stereocenters. The van der Waals surface area contributed by atoms with Crippen LogP contribution in [0.15, 0.2) is 59.1 Å². The van der Waals surface area contributed by atoms with Gasteiger partial charge >= 0.3 is 0 Å². The van der Waals surface area contributed by atoms with Crippen LogP contribution < -0.4 is 15.4 Å². The van der Waals surface area contributed by atoms with Gasteiger partial charge in [0.2, 0.25) is 11.7 Å². The molecule has 1 aliphatic rings. The Morgan fingerprint density at radius 1 is 1.23 bits per heavy atom. The number of rotatable bonds is 6. The fourth-order valence-corrected chi connectivity index (χ4v) is 3.40. The summed E-state index contributed by atoms with van der Waals surface area (Å²) in [5.74, 6) is 1.07. The molecule has 0 aliphatic carbocycles. The SMILES string of the molecule is CC(=O)Nc1cccc(-c2noc([C@H]3CNCCN3C(=O)COc3ccccc3)n2)c1. The highest BCUT2D eigenvalue weighted by Crippen LogP contribution is 2.25. The zero-order valence-electron chi connectivity index (χ0n) is 17.1. The standard InChI is InChI=1S/C22H23N5O4/c1-15(28)24-17-7-5-6-16(12-17)21-25-22(31-26-21)19-13-23-10-11-27(19)20(29)14-30-18-8-3-2-4-9-18/h2-9,12,19,23H,10-11,13-14H2,1H3,(H,24,28)/t19-/m1/s1. The second-order valence-electron chi connectivity index (χ2n) is 7.13. The van der Waals surface area contributed by atoms with Crippen LogP contribution in [0.5, 0.6) is 5.75 Å². The maximum Gasteiger partial charge on any atom is 0.261 e. The summed E-state index contributed by atoms with van der Waals surface area (Å²) >= 11 is 0. The Balaban J connectivity index is 1.48. The topological polar surface area (TPSA) is 110 Å². The van der Waals surface area contributed by atoms with Crippen molar-refractivity contribution in [3.05, 3.63) is 60.5 Å². The van der Waals surface area contributed by atoms with Crippen LogP contribution in [0.25, 0.3) is 11.4 Å². The maximum absolute atomic E-state index is 12.8. The number of hydrogen-bond acceptors (Lipinski definition) is 7. The Labute approximate surface area is 179 Å². The molecule has 2 amide bonds. The van der Waals surface area contributed by atoms with Crippen LogP contribution in [-0.4, -0.2) is 53.1 Å². The van der Waals surface area contributed by atoms with Gasteiger partial charge in [0.05, 0.1) is 0 Å². The molecule has 160 valence electrons. The number of carbonyl (C=O) groups excluding carboxylic acids is 2. The minimum atomic E-state index is -0.389. The summed E-state index contributed by atoms with van der Waals surface area (Å²) in [6.45, 7) is 3.07. The predicted molar refractivity (Wildman–Crippen MR) is 113 cm³/mol. The van der Waals surface area contributed by atoms with Gasteiger partial charge in [-0.2, -0.15) is 4.98 Å². The van der Waals surface area contributed by atoms with Crippen molar-refractivity contribution in [3.63, 3.8) is 0 Å². The summed E-state index contributed by atoms with van der Waals surface area (Å²) in [6, 6.07) is 16.0. The minimum Gasteiger partial charge on any atom is -0.484 e. The van der Waals surface area contributed by atoms with Gasteiger partial charge in [0.25, 0.3) is 11.8 Å². The normalized spacial score (nSPS) is 16.0. The van der Waals surface area contributed by atoms with Gasteiger partial charge in [0.15, 0.2) is 6.61 Å². The van der Waals surface area contributed by atoms with E-state index in [0.717, 1.165) is 0 Å². The first-order chi connectivity index (χ1) is 15.1. The van der Waals surface area contributed by atoms with Crippen molar-refractivity contribution < 1.29 is 18.8 Å². The average molecular weight is 421 g/mol. The smallest absolute Gasteiger partial charge is 0.261 e. The van der Waals surface area contributed by atoms with Gasteiger partial charge in [0, 0.05) is 37.8 Å². The van der Waals surface area contributed by atoms with Gasteiger partial charge in [-0.3, -0.25) is 9.59 Å².